The van der Waals surface area contributed by atoms with Crippen LogP contribution in [0, 0.1) is 11.8 Å². The third kappa shape index (κ3) is 1.53. The summed E-state index contributed by atoms with van der Waals surface area (Å²) < 4.78 is 0.00694. The van der Waals surface area contributed by atoms with E-state index in [0.717, 1.165) is 0 Å². The lowest BCUT2D eigenvalue weighted by atomic mass is 9.83. The van der Waals surface area contributed by atoms with E-state index in [2.05, 4.69) is 55.5 Å². The Balaban J connectivity index is 2.19. The smallest absolute Gasteiger partial charge is 0.0296 e. The Hall–Kier alpha value is -0.690. The number of rotatable bonds is 2. The standard InChI is InChI=1S/C12H14S/c1-12(13,10-6-2-3-7-10)11-8-4-5-9-11/h2-11,13H,1H3. The molecule has 2 rings (SSSR count). The molecule has 0 spiro atoms. The first-order valence-corrected chi connectivity index (χ1v) is 5.08. The summed E-state index contributed by atoms with van der Waals surface area (Å²) in [5.41, 5.74) is 0. The van der Waals surface area contributed by atoms with Gasteiger partial charge in [-0.2, -0.15) is 12.6 Å². The molecule has 2 aliphatic carbocycles. The molecular weight excluding hydrogens is 176 g/mol. The highest BCUT2D eigenvalue weighted by atomic mass is 32.1. The van der Waals surface area contributed by atoms with Crippen LogP contribution in [0.15, 0.2) is 48.6 Å². The fraction of sp³-hybridized carbons (Fsp3) is 0.333. The molecule has 0 N–H and O–H groups in total. The molecule has 0 amide bonds. The quantitative estimate of drug-likeness (QED) is 0.635. The average molecular weight is 190 g/mol. The zero-order valence-corrected chi connectivity index (χ0v) is 8.62. The predicted molar refractivity (Wildman–Crippen MR) is 60.9 cm³/mol. The predicted octanol–water partition coefficient (Wildman–Crippen LogP) is 3.16. The molecule has 0 fully saturated rings. The molecule has 0 saturated heterocycles. The number of thiol groups is 1. The van der Waals surface area contributed by atoms with Crippen LogP contribution in [0.25, 0.3) is 0 Å². The lowest BCUT2D eigenvalue weighted by molar-refractivity contribution is 0.494. The van der Waals surface area contributed by atoms with Crippen LogP contribution < -0.4 is 0 Å². The van der Waals surface area contributed by atoms with Crippen molar-refractivity contribution in [1.29, 1.82) is 0 Å². The highest BCUT2D eigenvalue weighted by molar-refractivity contribution is 7.81. The van der Waals surface area contributed by atoms with Gasteiger partial charge in [-0.1, -0.05) is 48.6 Å². The van der Waals surface area contributed by atoms with Gasteiger partial charge in [-0.15, -0.1) is 0 Å². The van der Waals surface area contributed by atoms with Gasteiger partial charge in [-0.05, 0) is 6.92 Å². The van der Waals surface area contributed by atoms with Crippen LogP contribution in [0.2, 0.25) is 0 Å². The molecule has 0 nitrogen and oxygen atoms in total. The molecule has 0 aromatic carbocycles. The summed E-state index contributed by atoms with van der Waals surface area (Å²) in [5, 5.41) is 0. The SMILES string of the molecule is CC(S)(C1C=CC=C1)C1C=CC=C1. The van der Waals surface area contributed by atoms with Crippen molar-refractivity contribution in [1.82, 2.24) is 0 Å². The van der Waals surface area contributed by atoms with Gasteiger partial charge in [-0.3, -0.25) is 0 Å². The molecule has 0 aromatic rings. The second kappa shape index (κ2) is 3.22. The zero-order valence-electron chi connectivity index (χ0n) is 7.72. The van der Waals surface area contributed by atoms with Gasteiger partial charge >= 0.3 is 0 Å². The van der Waals surface area contributed by atoms with E-state index in [-0.39, 0.29) is 4.75 Å². The largest absolute Gasteiger partial charge is 0.171 e. The summed E-state index contributed by atoms with van der Waals surface area (Å²) in [4.78, 5) is 0. The number of hydrogen-bond acceptors (Lipinski definition) is 1. The normalized spacial score (nSPS) is 22.3. The molecule has 0 heterocycles. The van der Waals surface area contributed by atoms with E-state index in [0.29, 0.717) is 11.8 Å². The van der Waals surface area contributed by atoms with Crippen molar-refractivity contribution < 1.29 is 0 Å². The minimum Gasteiger partial charge on any atom is -0.171 e. The third-order valence-corrected chi connectivity index (χ3v) is 3.44. The molecule has 0 saturated carbocycles. The van der Waals surface area contributed by atoms with Crippen molar-refractivity contribution >= 4 is 12.6 Å². The lowest BCUT2D eigenvalue weighted by Gasteiger charge is -2.32. The Morgan fingerprint density at radius 3 is 1.46 bits per heavy atom. The van der Waals surface area contributed by atoms with Gasteiger partial charge in [0, 0.05) is 16.6 Å². The van der Waals surface area contributed by atoms with E-state index in [9.17, 15) is 0 Å². The molecule has 0 aliphatic heterocycles. The fourth-order valence-corrected chi connectivity index (χ4v) is 2.21. The van der Waals surface area contributed by atoms with Crippen molar-refractivity contribution in [3.8, 4) is 0 Å². The molecule has 0 bridgehead atoms. The first-order chi connectivity index (χ1) is 6.21. The van der Waals surface area contributed by atoms with Crippen LogP contribution in [-0.2, 0) is 0 Å². The monoisotopic (exact) mass is 190 g/mol. The summed E-state index contributed by atoms with van der Waals surface area (Å²) in [6.07, 6.45) is 17.3. The number of hydrogen-bond donors (Lipinski definition) is 1. The summed E-state index contributed by atoms with van der Waals surface area (Å²) in [5.74, 6) is 0.904. The van der Waals surface area contributed by atoms with Gasteiger partial charge in [0.2, 0.25) is 0 Å². The summed E-state index contributed by atoms with van der Waals surface area (Å²) in [6.45, 7) is 2.20. The van der Waals surface area contributed by atoms with Gasteiger partial charge in [-0.25, -0.2) is 0 Å². The topological polar surface area (TPSA) is 0 Å². The van der Waals surface area contributed by atoms with E-state index >= 15 is 0 Å². The van der Waals surface area contributed by atoms with Crippen LogP contribution in [0.4, 0.5) is 0 Å². The van der Waals surface area contributed by atoms with Crippen molar-refractivity contribution in [2.24, 2.45) is 11.8 Å². The maximum Gasteiger partial charge on any atom is 0.0296 e. The lowest BCUT2D eigenvalue weighted by Crippen LogP contribution is -2.32. The maximum atomic E-state index is 4.77. The van der Waals surface area contributed by atoms with Gasteiger partial charge in [0.05, 0.1) is 0 Å². The average Bonchev–Trinajstić information content (AvgIpc) is 2.78. The van der Waals surface area contributed by atoms with Crippen LogP contribution >= 0.6 is 12.6 Å². The molecule has 13 heavy (non-hydrogen) atoms. The highest BCUT2D eigenvalue weighted by Gasteiger charge is 2.34. The molecule has 0 unspecified atom stereocenters. The Bertz CT molecular complexity index is 251. The second-order valence-corrected chi connectivity index (χ2v) is 4.78. The van der Waals surface area contributed by atoms with E-state index in [4.69, 9.17) is 12.6 Å². The second-order valence-electron chi connectivity index (χ2n) is 3.82. The van der Waals surface area contributed by atoms with E-state index in [1.165, 1.54) is 0 Å². The minimum atomic E-state index is 0.00694. The molecule has 1 heteroatoms. The Labute approximate surface area is 85.1 Å². The Kier molecular flexibility index (Phi) is 2.20. The molecule has 0 radical (unpaired) electrons. The molecule has 68 valence electrons. The van der Waals surface area contributed by atoms with Gasteiger partial charge in [0.25, 0.3) is 0 Å². The highest BCUT2D eigenvalue weighted by Crippen LogP contribution is 2.39. The molecule has 0 aromatic heterocycles. The number of allylic oxidation sites excluding steroid dienone is 8. The van der Waals surface area contributed by atoms with Crippen molar-refractivity contribution in [2.75, 3.05) is 0 Å². The van der Waals surface area contributed by atoms with Crippen molar-refractivity contribution in [2.45, 2.75) is 11.7 Å². The van der Waals surface area contributed by atoms with Crippen LogP contribution in [0.1, 0.15) is 6.92 Å². The first-order valence-electron chi connectivity index (χ1n) is 4.63. The maximum absolute atomic E-state index is 4.77. The van der Waals surface area contributed by atoms with Gasteiger partial charge in [0.1, 0.15) is 0 Å². The van der Waals surface area contributed by atoms with Gasteiger partial charge < -0.3 is 0 Å². The first kappa shape index (κ1) is 8.89. The van der Waals surface area contributed by atoms with E-state index in [1.54, 1.807) is 0 Å². The molecule has 0 atom stereocenters. The van der Waals surface area contributed by atoms with Crippen LogP contribution in [0.5, 0.6) is 0 Å². The fourth-order valence-electron chi connectivity index (χ4n) is 1.87. The summed E-state index contributed by atoms with van der Waals surface area (Å²) in [6, 6.07) is 0. The molecule has 2 aliphatic rings. The minimum absolute atomic E-state index is 0.00694. The van der Waals surface area contributed by atoms with Crippen molar-refractivity contribution in [3.63, 3.8) is 0 Å². The third-order valence-electron chi connectivity index (χ3n) is 2.85. The Morgan fingerprint density at radius 1 is 0.846 bits per heavy atom. The van der Waals surface area contributed by atoms with Crippen molar-refractivity contribution in [3.05, 3.63) is 48.6 Å². The van der Waals surface area contributed by atoms with Crippen LogP contribution in [0.3, 0.4) is 0 Å². The zero-order chi connectivity index (χ0) is 9.31. The van der Waals surface area contributed by atoms with Crippen LogP contribution in [-0.4, -0.2) is 4.75 Å². The molecular formula is C12H14S. The van der Waals surface area contributed by atoms with Gasteiger partial charge in [0.15, 0.2) is 0 Å². The summed E-state index contributed by atoms with van der Waals surface area (Å²) in [7, 11) is 0. The van der Waals surface area contributed by atoms with E-state index < -0.39 is 0 Å². The Morgan fingerprint density at radius 2 is 1.15 bits per heavy atom. The summed E-state index contributed by atoms with van der Waals surface area (Å²) >= 11 is 4.77. The van der Waals surface area contributed by atoms with E-state index in [1.807, 2.05) is 0 Å².